The number of nitrogens with zero attached hydrogens (tertiary/aromatic N) is 2. The van der Waals surface area contributed by atoms with E-state index in [1.54, 1.807) is 7.11 Å². The van der Waals surface area contributed by atoms with Gasteiger partial charge in [-0.1, -0.05) is 17.3 Å². The summed E-state index contributed by atoms with van der Waals surface area (Å²) in [5.41, 5.74) is 6.40. The van der Waals surface area contributed by atoms with Gasteiger partial charge in [0.2, 0.25) is 0 Å². The summed E-state index contributed by atoms with van der Waals surface area (Å²) in [5.74, 6) is 1.41. The van der Waals surface area contributed by atoms with E-state index in [4.69, 9.17) is 10.5 Å². The third-order valence-corrected chi connectivity index (χ3v) is 2.01. The van der Waals surface area contributed by atoms with Crippen LogP contribution in [-0.2, 0) is 6.42 Å². The molecule has 2 aromatic rings. The number of hydrogen-bond acceptors (Lipinski definition) is 5. The van der Waals surface area contributed by atoms with Gasteiger partial charge >= 0.3 is 6.01 Å². The van der Waals surface area contributed by atoms with Crippen LogP contribution in [0.15, 0.2) is 28.8 Å². The zero-order valence-corrected chi connectivity index (χ0v) is 8.30. The molecule has 0 aliphatic heterocycles. The Morgan fingerprint density at radius 2 is 2.07 bits per heavy atom. The van der Waals surface area contributed by atoms with Gasteiger partial charge in [0.15, 0.2) is 5.82 Å². The first-order valence-electron chi connectivity index (χ1n) is 4.49. The molecule has 0 aliphatic carbocycles. The summed E-state index contributed by atoms with van der Waals surface area (Å²) in [6.07, 6.45) is 0.602. The van der Waals surface area contributed by atoms with Gasteiger partial charge in [0.1, 0.15) is 5.75 Å². The lowest BCUT2D eigenvalue weighted by Gasteiger charge is -2.00. The largest absolute Gasteiger partial charge is 0.497 e. The molecule has 0 spiro atoms. The van der Waals surface area contributed by atoms with E-state index in [0.717, 1.165) is 11.3 Å². The van der Waals surface area contributed by atoms with Crippen LogP contribution in [-0.4, -0.2) is 17.3 Å². The van der Waals surface area contributed by atoms with Crippen molar-refractivity contribution in [1.82, 2.24) is 10.1 Å². The molecule has 0 fully saturated rings. The fourth-order valence-corrected chi connectivity index (χ4v) is 1.27. The molecule has 1 heterocycles. The van der Waals surface area contributed by atoms with Crippen molar-refractivity contribution in [3.8, 4) is 5.75 Å². The van der Waals surface area contributed by atoms with Crippen LogP contribution in [0, 0.1) is 0 Å². The number of methoxy groups -OCH3 is 1. The van der Waals surface area contributed by atoms with Crippen molar-refractivity contribution in [2.75, 3.05) is 12.8 Å². The normalized spacial score (nSPS) is 10.2. The molecule has 78 valence electrons. The van der Waals surface area contributed by atoms with Crippen molar-refractivity contribution in [3.05, 3.63) is 35.7 Å². The van der Waals surface area contributed by atoms with Gasteiger partial charge in [-0.3, -0.25) is 0 Å². The molecule has 1 aromatic heterocycles. The second kappa shape index (κ2) is 4.00. The van der Waals surface area contributed by atoms with Gasteiger partial charge < -0.3 is 15.0 Å². The van der Waals surface area contributed by atoms with Crippen LogP contribution in [0.1, 0.15) is 11.4 Å². The van der Waals surface area contributed by atoms with Crippen molar-refractivity contribution in [1.29, 1.82) is 0 Å². The lowest BCUT2D eigenvalue weighted by molar-refractivity contribution is 0.414. The number of nitrogen functional groups attached to an aromatic ring is 1. The van der Waals surface area contributed by atoms with E-state index in [1.165, 1.54) is 0 Å². The molecule has 0 bridgehead atoms. The average molecular weight is 205 g/mol. The fourth-order valence-electron chi connectivity index (χ4n) is 1.27. The quantitative estimate of drug-likeness (QED) is 0.816. The van der Waals surface area contributed by atoms with E-state index in [-0.39, 0.29) is 6.01 Å². The minimum absolute atomic E-state index is 0.0958. The lowest BCUT2D eigenvalue weighted by Crippen LogP contribution is -1.92. The average Bonchev–Trinajstić information content (AvgIpc) is 2.65. The summed E-state index contributed by atoms with van der Waals surface area (Å²) >= 11 is 0. The Labute approximate surface area is 86.9 Å². The maximum Gasteiger partial charge on any atom is 0.318 e. The highest BCUT2D eigenvalue weighted by atomic mass is 16.5. The summed E-state index contributed by atoms with van der Waals surface area (Å²) in [4.78, 5) is 3.92. The standard InChI is InChI=1S/C10H11N3O2/c1-14-8-4-2-7(3-5-8)6-9-12-10(11)15-13-9/h2-5H,6H2,1H3,(H2,11,12,13). The van der Waals surface area contributed by atoms with E-state index in [0.29, 0.717) is 12.2 Å². The Morgan fingerprint density at radius 3 is 2.60 bits per heavy atom. The third kappa shape index (κ3) is 2.25. The maximum atomic E-state index is 5.32. The number of rotatable bonds is 3. The highest BCUT2D eigenvalue weighted by Gasteiger charge is 2.03. The van der Waals surface area contributed by atoms with Gasteiger partial charge in [0, 0.05) is 6.42 Å². The van der Waals surface area contributed by atoms with Crippen molar-refractivity contribution >= 4 is 6.01 Å². The number of ether oxygens (including phenoxy) is 1. The molecule has 0 amide bonds. The first-order chi connectivity index (χ1) is 7.28. The Hall–Kier alpha value is -2.04. The topological polar surface area (TPSA) is 74.2 Å². The zero-order chi connectivity index (χ0) is 10.7. The Balaban J connectivity index is 2.11. The van der Waals surface area contributed by atoms with E-state index in [1.807, 2.05) is 24.3 Å². The highest BCUT2D eigenvalue weighted by molar-refractivity contribution is 5.29. The minimum Gasteiger partial charge on any atom is -0.497 e. The summed E-state index contributed by atoms with van der Waals surface area (Å²) in [6, 6.07) is 7.77. The van der Waals surface area contributed by atoms with Gasteiger partial charge in [0.25, 0.3) is 0 Å². The molecule has 0 unspecified atom stereocenters. The summed E-state index contributed by atoms with van der Waals surface area (Å²) in [7, 11) is 1.63. The third-order valence-electron chi connectivity index (χ3n) is 2.01. The van der Waals surface area contributed by atoms with Crippen LogP contribution in [0.3, 0.4) is 0 Å². The molecule has 15 heavy (non-hydrogen) atoms. The Morgan fingerprint density at radius 1 is 1.33 bits per heavy atom. The molecular weight excluding hydrogens is 194 g/mol. The Kier molecular flexibility index (Phi) is 2.53. The van der Waals surface area contributed by atoms with Crippen molar-refractivity contribution in [2.24, 2.45) is 0 Å². The van der Waals surface area contributed by atoms with Crippen LogP contribution < -0.4 is 10.5 Å². The van der Waals surface area contributed by atoms with Crippen LogP contribution in [0.4, 0.5) is 6.01 Å². The molecule has 0 radical (unpaired) electrons. The van der Waals surface area contributed by atoms with Crippen LogP contribution in [0.5, 0.6) is 5.75 Å². The van der Waals surface area contributed by atoms with Crippen molar-refractivity contribution < 1.29 is 9.26 Å². The number of anilines is 1. The van der Waals surface area contributed by atoms with Crippen LogP contribution in [0.25, 0.3) is 0 Å². The van der Waals surface area contributed by atoms with Crippen LogP contribution in [0.2, 0.25) is 0 Å². The molecule has 0 aliphatic rings. The molecule has 1 aromatic carbocycles. The summed E-state index contributed by atoms with van der Waals surface area (Å²) in [6.45, 7) is 0. The fraction of sp³-hybridized carbons (Fsp3) is 0.200. The maximum absolute atomic E-state index is 5.32. The SMILES string of the molecule is COc1ccc(Cc2noc(N)n2)cc1. The molecule has 0 saturated carbocycles. The molecule has 2 N–H and O–H groups in total. The van der Waals surface area contributed by atoms with Crippen molar-refractivity contribution in [2.45, 2.75) is 6.42 Å². The number of benzene rings is 1. The van der Waals surface area contributed by atoms with E-state index >= 15 is 0 Å². The second-order valence-electron chi connectivity index (χ2n) is 3.07. The molecule has 5 heteroatoms. The van der Waals surface area contributed by atoms with E-state index in [2.05, 4.69) is 14.7 Å². The monoisotopic (exact) mass is 205 g/mol. The van der Waals surface area contributed by atoms with Gasteiger partial charge in [-0.2, -0.15) is 4.98 Å². The Bertz CT molecular complexity index is 436. The van der Waals surface area contributed by atoms with Crippen LogP contribution >= 0.6 is 0 Å². The molecule has 0 atom stereocenters. The first-order valence-corrected chi connectivity index (χ1v) is 4.49. The van der Waals surface area contributed by atoms with E-state index in [9.17, 15) is 0 Å². The van der Waals surface area contributed by atoms with E-state index < -0.39 is 0 Å². The predicted molar refractivity (Wildman–Crippen MR) is 54.5 cm³/mol. The number of aromatic nitrogens is 2. The van der Waals surface area contributed by atoms with Gasteiger partial charge in [-0.25, -0.2) is 0 Å². The summed E-state index contributed by atoms with van der Waals surface area (Å²) < 4.78 is 9.73. The molecule has 5 nitrogen and oxygen atoms in total. The smallest absolute Gasteiger partial charge is 0.318 e. The minimum atomic E-state index is 0.0958. The van der Waals surface area contributed by atoms with Gasteiger partial charge in [0.05, 0.1) is 7.11 Å². The first kappa shape index (κ1) is 9.51. The molecule has 2 rings (SSSR count). The highest BCUT2D eigenvalue weighted by Crippen LogP contribution is 2.13. The lowest BCUT2D eigenvalue weighted by atomic mass is 10.1. The zero-order valence-electron chi connectivity index (χ0n) is 8.30. The van der Waals surface area contributed by atoms with Crippen molar-refractivity contribution in [3.63, 3.8) is 0 Å². The molecular formula is C10H11N3O2. The number of hydrogen-bond donors (Lipinski definition) is 1. The van der Waals surface area contributed by atoms with Gasteiger partial charge in [-0.15, -0.1) is 0 Å². The summed E-state index contributed by atoms with van der Waals surface area (Å²) in [5, 5.41) is 3.71. The number of nitrogens with two attached hydrogens (primary N) is 1. The predicted octanol–water partition coefficient (Wildman–Crippen LogP) is 1.25. The van der Waals surface area contributed by atoms with Gasteiger partial charge in [-0.05, 0) is 17.7 Å². The molecule has 0 saturated heterocycles. The second-order valence-corrected chi connectivity index (χ2v) is 3.07.